The molecular weight excluding hydrogens is 376 g/mol. The van der Waals surface area contributed by atoms with Gasteiger partial charge in [-0.3, -0.25) is 9.97 Å². The van der Waals surface area contributed by atoms with E-state index in [9.17, 15) is 0 Å². The Morgan fingerprint density at radius 2 is 1.33 bits per heavy atom. The van der Waals surface area contributed by atoms with Crippen molar-refractivity contribution in [3.05, 3.63) is 73.8 Å². The van der Waals surface area contributed by atoms with Gasteiger partial charge in [-0.15, -0.1) is 0 Å². The first-order valence-electron chi connectivity index (χ1n) is 9.24. The van der Waals surface area contributed by atoms with E-state index in [1.165, 1.54) is 6.33 Å². The zero-order valence-corrected chi connectivity index (χ0v) is 15.5. The molecule has 5 heterocycles. The van der Waals surface area contributed by atoms with Gasteiger partial charge in [-0.2, -0.15) is 0 Å². The second-order valence-corrected chi connectivity index (χ2v) is 6.74. The fourth-order valence-corrected chi connectivity index (χ4v) is 3.38. The Balaban J connectivity index is 1.46. The van der Waals surface area contributed by atoms with Crippen LogP contribution in [0.5, 0.6) is 0 Å². The molecule has 0 spiro atoms. The first-order chi connectivity index (χ1) is 14.8. The lowest BCUT2D eigenvalue weighted by Gasteiger charge is -2.06. The largest absolute Gasteiger partial charge is 0.253 e. The molecule has 0 aliphatic carbocycles. The lowest BCUT2D eigenvalue weighted by molar-refractivity contribution is 1.15. The third kappa shape index (κ3) is 2.78. The smallest absolute Gasteiger partial charge is 0.181 e. The Morgan fingerprint density at radius 1 is 0.533 bits per heavy atom. The average molecular weight is 388 g/mol. The van der Waals surface area contributed by atoms with Gasteiger partial charge < -0.3 is 0 Å². The van der Waals surface area contributed by atoms with Crippen molar-refractivity contribution in [3.8, 4) is 22.4 Å². The summed E-state index contributed by atoms with van der Waals surface area (Å²) in [7, 11) is 0. The fourth-order valence-electron chi connectivity index (χ4n) is 3.38. The molecule has 0 fully saturated rings. The van der Waals surface area contributed by atoms with Crippen LogP contribution in [-0.2, 0) is 0 Å². The first-order valence-corrected chi connectivity index (χ1v) is 9.24. The van der Waals surface area contributed by atoms with Crippen LogP contribution in [0.4, 0.5) is 0 Å². The third-order valence-corrected chi connectivity index (χ3v) is 4.85. The molecule has 30 heavy (non-hydrogen) atoms. The summed E-state index contributed by atoms with van der Waals surface area (Å²) in [6, 6.07) is 10.1. The van der Waals surface area contributed by atoms with Gasteiger partial charge >= 0.3 is 0 Å². The summed E-state index contributed by atoms with van der Waals surface area (Å²) >= 11 is 0. The van der Waals surface area contributed by atoms with Crippen LogP contribution < -0.4 is 0 Å². The molecule has 8 nitrogen and oxygen atoms in total. The van der Waals surface area contributed by atoms with Crippen LogP contribution in [0.3, 0.4) is 0 Å². The summed E-state index contributed by atoms with van der Waals surface area (Å²) < 4.78 is 0. The molecule has 0 unspecified atom stereocenters. The first kappa shape index (κ1) is 16.5. The standard InChI is InChI=1S/C22H12N8/c1-2-17-18(25-4-3-24-17)7-13(1)15-5-14-6-16(9-27-21(14)26-8-15)19-11-28-22-20(30-19)10-23-12-29-22/h1-12H. The van der Waals surface area contributed by atoms with Gasteiger partial charge in [0.05, 0.1) is 29.1 Å². The molecule has 8 heteroatoms. The van der Waals surface area contributed by atoms with E-state index in [4.69, 9.17) is 0 Å². The average Bonchev–Trinajstić information content (AvgIpc) is 2.82. The second kappa shape index (κ2) is 6.56. The SMILES string of the molecule is c1cnc2cc(-c3cnc4ncc(-c5cnc6ncncc6n5)cc4c3)ccc2n1. The predicted molar refractivity (Wildman–Crippen MR) is 112 cm³/mol. The zero-order chi connectivity index (χ0) is 19.9. The Hall–Kier alpha value is -4.46. The van der Waals surface area contributed by atoms with Crippen molar-refractivity contribution in [1.82, 2.24) is 39.9 Å². The van der Waals surface area contributed by atoms with Crippen molar-refractivity contribution in [3.63, 3.8) is 0 Å². The number of rotatable bonds is 2. The molecular formula is C22H12N8. The van der Waals surface area contributed by atoms with Crippen LogP contribution in [-0.4, -0.2) is 39.9 Å². The van der Waals surface area contributed by atoms with Gasteiger partial charge in [0.2, 0.25) is 0 Å². The van der Waals surface area contributed by atoms with Crippen LogP contribution in [0.25, 0.3) is 55.6 Å². The summed E-state index contributed by atoms with van der Waals surface area (Å²) in [6.45, 7) is 0. The van der Waals surface area contributed by atoms with Crippen molar-refractivity contribution in [2.75, 3.05) is 0 Å². The molecule has 6 rings (SSSR count). The minimum atomic E-state index is 0.561. The lowest BCUT2D eigenvalue weighted by Crippen LogP contribution is -1.93. The molecule has 0 atom stereocenters. The highest BCUT2D eigenvalue weighted by molar-refractivity contribution is 5.87. The van der Waals surface area contributed by atoms with E-state index in [0.717, 1.165) is 33.1 Å². The highest BCUT2D eigenvalue weighted by atomic mass is 14.9. The Labute approximate surface area is 169 Å². The molecule has 0 aliphatic heterocycles. The molecule has 5 aromatic heterocycles. The Bertz CT molecular complexity index is 1450. The lowest BCUT2D eigenvalue weighted by atomic mass is 10.0. The molecule has 6 aromatic rings. The van der Waals surface area contributed by atoms with Gasteiger partial charge in [0, 0.05) is 41.3 Å². The number of benzene rings is 1. The molecule has 0 bridgehead atoms. The molecule has 0 saturated heterocycles. The molecule has 0 amide bonds. The quantitative estimate of drug-likeness (QED) is 0.443. The van der Waals surface area contributed by atoms with Crippen molar-refractivity contribution in [2.24, 2.45) is 0 Å². The van der Waals surface area contributed by atoms with Gasteiger partial charge in [-0.05, 0) is 29.8 Å². The summed E-state index contributed by atoms with van der Waals surface area (Å²) in [6.07, 6.45) is 11.7. The van der Waals surface area contributed by atoms with Gasteiger partial charge in [0.15, 0.2) is 11.3 Å². The number of aromatic nitrogens is 8. The minimum absolute atomic E-state index is 0.561. The van der Waals surface area contributed by atoms with Crippen LogP contribution in [0.1, 0.15) is 0 Å². The summed E-state index contributed by atoms with van der Waals surface area (Å²) in [5.41, 5.74) is 7.12. The molecule has 0 radical (unpaired) electrons. The fraction of sp³-hybridized carbons (Fsp3) is 0. The number of fused-ring (bicyclic) bond motifs is 3. The zero-order valence-electron chi connectivity index (χ0n) is 15.5. The number of hydrogen-bond donors (Lipinski definition) is 0. The summed E-state index contributed by atoms with van der Waals surface area (Å²) in [5, 5.41) is 0.912. The second-order valence-electron chi connectivity index (χ2n) is 6.74. The number of nitrogens with zero attached hydrogens (tertiary/aromatic N) is 8. The molecule has 1 aromatic carbocycles. The Kier molecular flexibility index (Phi) is 3.60. The van der Waals surface area contributed by atoms with Crippen LogP contribution in [0, 0.1) is 0 Å². The maximum atomic E-state index is 4.60. The van der Waals surface area contributed by atoms with E-state index in [0.29, 0.717) is 22.5 Å². The van der Waals surface area contributed by atoms with Gasteiger partial charge in [0.1, 0.15) is 11.8 Å². The van der Waals surface area contributed by atoms with Gasteiger partial charge in [-0.1, -0.05) is 6.07 Å². The van der Waals surface area contributed by atoms with Crippen LogP contribution in [0.15, 0.2) is 73.8 Å². The van der Waals surface area contributed by atoms with Gasteiger partial charge in [-0.25, -0.2) is 29.9 Å². The number of pyridine rings is 2. The van der Waals surface area contributed by atoms with E-state index >= 15 is 0 Å². The predicted octanol–water partition coefficient (Wildman–Crippen LogP) is 3.64. The molecule has 140 valence electrons. The maximum absolute atomic E-state index is 4.60. The highest BCUT2D eigenvalue weighted by Gasteiger charge is 2.08. The van der Waals surface area contributed by atoms with E-state index in [1.54, 1.807) is 31.0 Å². The van der Waals surface area contributed by atoms with E-state index in [1.807, 2.05) is 30.5 Å². The van der Waals surface area contributed by atoms with Crippen molar-refractivity contribution in [2.45, 2.75) is 0 Å². The maximum Gasteiger partial charge on any atom is 0.181 e. The monoisotopic (exact) mass is 388 g/mol. The molecule has 0 saturated carbocycles. The van der Waals surface area contributed by atoms with Crippen LogP contribution >= 0.6 is 0 Å². The third-order valence-electron chi connectivity index (χ3n) is 4.85. The minimum Gasteiger partial charge on any atom is -0.253 e. The molecule has 0 N–H and O–H groups in total. The summed E-state index contributed by atoms with van der Waals surface area (Å²) in [4.78, 5) is 34.8. The Morgan fingerprint density at radius 3 is 2.27 bits per heavy atom. The van der Waals surface area contributed by atoms with Gasteiger partial charge in [0.25, 0.3) is 0 Å². The summed E-state index contributed by atoms with van der Waals surface area (Å²) in [5.74, 6) is 0. The van der Waals surface area contributed by atoms with E-state index < -0.39 is 0 Å². The van der Waals surface area contributed by atoms with Crippen molar-refractivity contribution in [1.29, 1.82) is 0 Å². The van der Waals surface area contributed by atoms with Crippen LogP contribution in [0.2, 0.25) is 0 Å². The normalized spacial score (nSPS) is 11.3. The van der Waals surface area contributed by atoms with E-state index in [-0.39, 0.29) is 0 Å². The van der Waals surface area contributed by atoms with Crippen molar-refractivity contribution < 1.29 is 0 Å². The van der Waals surface area contributed by atoms with Crippen molar-refractivity contribution >= 4 is 33.2 Å². The molecule has 0 aliphatic rings. The topological polar surface area (TPSA) is 103 Å². The highest BCUT2D eigenvalue weighted by Crippen LogP contribution is 2.27. The number of hydrogen-bond acceptors (Lipinski definition) is 8. The van der Waals surface area contributed by atoms with E-state index in [2.05, 4.69) is 45.9 Å².